The number of hydrogen-bond acceptors (Lipinski definition) is 3. The van der Waals surface area contributed by atoms with E-state index < -0.39 is 29.1 Å². The number of nitrogens with one attached hydrogen (secondary N) is 2. The van der Waals surface area contributed by atoms with Gasteiger partial charge in [0.2, 0.25) is 5.91 Å². The maximum absolute atomic E-state index is 14.0. The second-order valence-electron chi connectivity index (χ2n) is 9.34. The molecule has 1 atom stereocenters. The van der Waals surface area contributed by atoms with Crippen LogP contribution < -0.4 is 10.6 Å². The predicted molar refractivity (Wildman–Crippen MR) is 117 cm³/mol. The van der Waals surface area contributed by atoms with Crippen LogP contribution in [0.2, 0.25) is 0 Å². The first kappa shape index (κ1) is 23.6. The lowest BCUT2D eigenvalue weighted by Gasteiger charge is -2.48. The van der Waals surface area contributed by atoms with Gasteiger partial charge in [0, 0.05) is 12.1 Å². The molecule has 2 N–H and O–H groups in total. The van der Waals surface area contributed by atoms with E-state index in [9.17, 15) is 18.4 Å². The molecule has 31 heavy (non-hydrogen) atoms. The van der Waals surface area contributed by atoms with E-state index in [4.69, 9.17) is 0 Å². The van der Waals surface area contributed by atoms with E-state index in [1.54, 1.807) is 0 Å². The summed E-state index contributed by atoms with van der Waals surface area (Å²) in [5.74, 6) is -3.32. The Labute approximate surface area is 184 Å². The third-order valence-corrected chi connectivity index (χ3v) is 6.83. The van der Waals surface area contributed by atoms with E-state index in [2.05, 4.69) is 15.5 Å². The zero-order valence-electron chi connectivity index (χ0n) is 18.7. The Morgan fingerprint density at radius 2 is 1.58 bits per heavy atom. The number of carbonyl (C=O) groups excluding carboxylic acids is 2. The monoisotopic (exact) mass is 435 g/mol. The second kappa shape index (κ2) is 10.5. The van der Waals surface area contributed by atoms with Crippen molar-refractivity contribution in [2.45, 2.75) is 76.8 Å². The highest BCUT2D eigenvalue weighted by Crippen LogP contribution is 2.35. The molecule has 2 amide bonds. The van der Waals surface area contributed by atoms with Crippen molar-refractivity contribution in [2.24, 2.45) is 5.92 Å². The number of benzene rings is 1. The zero-order chi connectivity index (χ0) is 22.4. The van der Waals surface area contributed by atoms with E-state index >= 15 is 0 Å². The number of nitrogens with zero attached hydrogens (tertiary/aromatic N) is 1. The Hall–Kier alpha value is -2.02. The first-order valence-electron chi connectivity index (χ1n) is 11.6. The maximum atomic E-state index is 14.0. The Kier molecular flexibility index (Phi) is 8.03. The van der Waals surface area contributed by atoms with E-state index in [1.165, 1.54) is 31.7 Å². The molecule has 1 aromatic carbocycles. The molecular weight excluding hydrogens is 400 g/mol. The molecule has 0 bridgehead atoms. The second-order valence-corrected chi connectivity index (χ2v) is 9.34. The number of likely N-dealkylation sites (tertiary alicyclic amines) is 1. The van der Waals surface area contributed by atoms with Crippen LogP contribution in [0, 0.1) is 17.6 Å². The molecule has 1 saturated heterocycles. The van der Waals surface area contributed by atoms with Crippen LogP contribution in [0.1, 0.15) is 75.6 Å². The Morgan fingerprint density at radius 1 is 1.00 bits per heavy atom. The minimum absolute atomic E-state index is 0.0302. The van der Waals surface area contributed by atoms with Crippen molar-refractivity contribution in [1.29, 1.82) is 0 Å². The SMILES string of the molecule is CC(C)C(NC(=O)c1c(F)cccc1F)C(=O)NCC1(N2CCCCC2)CCCCC1. The number of carbonyl (C=O) groups is 2. The van der Waals surface area contributed by atoms with Gasteiger partial charge in [0.15, 0.2) is 0 Å². The molecule has 1 heterocycles. The van der Waals surface area contributed by atoms with E-state index in [-0.39, 0.29) is 17.4 Å². The van der Waals surface area contributed by atoms with Crippen molar-refractivity contribution in [3.05, 3.63) is 35.4 Å². The van der Waals surface area contributed by atoms with Gasteiger partial charge in [-0.05, 0) is 56.8 Å². The van der Waals surface area contributed by atoms with Crippen LogP contribution in [0.15, 0.2) is 18.2 Å². The van der Waals surface area contributed by atoms with Gasteiger partial charge in [-0.1, -0.05) is 45.6 Å². The summed E-state index contributed by atoms with van der Waals surface area (Å²) >= 11 is 0. The highest BCUT2D eigenvalue weighted by Gasteiger charge is 2.39. The van der Waals surface area contributed by atoms with Crippen molar-refractivity contribution >= 4 is 11.8 Å². The van der Waals surface area contributed by atoms with Crippen molar-refractivity contribution in [1.82, 2.24) is 15.5 Å². The molecule has 1 saturated carbocycles. The zero-order valence-corrected chi connectivity index (χ0v) is 18.7. The molecule has 1 aromatic rings. The minimum Gasteiger partial charge on any atom is -0.352 e. The summed E-state index contributed by atoms with van der Waals surface area (Å²) in [5, 5.41) is 5.62. The summed E-state index contributed by atoms with van der Waals surface area (Å²) in [6.45, 7) is 6.28. The van der Waals surface area contributed by atoms with Crippen molar-refractivity contribution in [2.75, 3.05) is 19.6 Å². The van der Waals surface area contributed by atoms with Crippen molar-refractivity contribution < 1.29 is 18.4 Å². The van der Waals surface area contributed by atoms with Gasteiger partial charge in [-0.25, -0.2) is 8.78 Å². The molecule has 7 heteroatoms. The Morgan fingerprint density at radius 3 is 2.16 bits per heavy atom. The molecule has 0 radical (unpaired) electrons. The topological polar surface area (TPSA) is 61.4 Å². The van der Waals surface area contributed by atoms with Gasteiger partial charge in [0.05, 0.1) is 0 Å². The molecule has 3 rings (SSSR count). The Balaban J connectivity index is 1.69. The third-order valence-electron chi connectivity index (χ3n) is 6.83. The standard InChI is InChI=1S/C24H35F2N3O2/c1-17(2)21(28-22(30)20-18(25)10-9-11-19(20)26)23(31)27-16-24(12-5-3-6-13-24)29-14-7-4-8-15-29/h9-11,17,21H,3-8,12-16H2,1-2H3,(H,27,31)(H,28,30). The lowest BCUT2D eigenvalue weighted by Crippen LogP contribution is -2.60. The number of piperidine rings is 1. The lowest BCUT2D eigenvalue weighted by molar-refractivity contribution is -0.125. The van der Waals surface area contributed by atoms with E-state index in [1.807, 2.05) is 13.8 Å². The molecule has 0 aromatic heterocycles. The van der Waals surface area contributed by atoms with Crippen LogP contribution in [0.5, 0.6) is 0 Å². The fourth-order valence-corrected chi connectivity index (χ4v) is 5.01. The van der Waals surface area contributed by atoms with Gasteiger partial charge in [-0.15, -0.1) is 0 Å². The molecule has 5 nitrogen and oxygen atoms in total. The molecule has 2 aliphatic rings. The number of hydrogen-bond donors (Lipinski definition) is 2. The summed E-state index contributed by atoms with van der Waals surface area (Å²) in [5.41, 5.74) is -0.685. The van der Waals surface area contributed by atoms with Gasteiger partial charge in [-0.3, -0.25) is 14.5 Å². The lowest BCUT2D eigenvalue weighted by atomic mass is 9.79. The van der Waals surface area contributed by atoms with Crippen LogP contribution in [-0.4, -0.2) is 47.9 Å². The first-order valence-corrected chi connectivity index (χ1v) is 11.6. The Bertz CT molecular complexity index is 752. The van der Waals surface area contributed by atoms with Crippen molar-refractivity contribution in [3.8, 4) is 0 Å². The molecule has 1 aliphatic heterocycles. The van der Waals surface area contributed by atoms with Crippen LogP contribution >= 0.6 is 0 Å². The molecule has 1 aliphatic carbocycles. The summed E-state index contributed by atoms with van der Waals surface area (Å²) in [7, 11) is 0. The summed E-state index contributed by atoms with van der Waals surface area (Å²) in [6.07, 6.45) is 9.30. The van der Waals surface area contributed by atoms with Gasteiger partial charge in [0.25, 0.3) is 5.91 Å². The quantitative estimate of drug-likeness (QED) is 0.680. The van der Waals surface area contributed by atoms with Crippen LogP contribution in [0.3, 0.4) is 0 Å². The van der Waals surface area contributed by atoms with E-state index in [0.717, 1.165) is 50.9 Å². The smallest absolute Gasteiger partial charge is 0.257 e. The van der Waals surface area contributed by atoms with Crippen molar-refractivity contribution in [3.63, 3.8) is 0 Å². The highest BCUT2D eigenvalue weighted by atomic mass is 19.1. The normalized spacial score (nSPS) is 20.3. The number of amides is 2. The van der Waals surface area contributed by atoms with Gasteiger partial charge in [0.1, 0.15) is 23.2 Å². The highest BCUT2D eigenvalue weighted by molar-refractivity contribution is 5.98. The van der Waals surface area contributed by atoms with Gasteiger partial charge >= 0.3 is 0 Å². The number of halogens is 2. The van der Waals surface area contributed by atoms with Crippen LogP contribution in [-0.2, 0) is 4.79 Å². The van der Waals surface area contributed by atoms with Crippen LogP contribution in [0.4, 0.5) is 8.78 Å². The van der Waals surface area contributed by atoms with Gasteiger partial charge < -0.3 is 10.6 Å². The third kappa shape index (κ3) is 5.62. The largest absolute Gasteiger partial charge is 0.352 e. The summed E-state index contributed by atoms with van der Waals surface area (Å²) in [4.78, 5) is 28.1. The molecule has 2 fully saturated rings. The minimum atomic E-state index is -0.938. The summed E-state index contributed by atoms with van der Waals surface area (Å²) in [6, 6.07) is 2.41. The van der Waals surface area contributed by atoms with E-state index in [0.29, 0.717) is 6.54 Å². The average molecular weight is 436 g/mol. The molecule has 1 unspecified atom stereocenters. The van der Waals surface area contributed by atoms with Gasteiger partial charge in [-0.2, -0.15) is 0 Å². The first-order chi connectivity index (χ1) is 14.8. The summed E-state index contributed by atoms with van der Waals surface area (Å²) < 4.78 is 28.0. The fourth-order valence-electron chi connectivity index (χ4n) is 5.01. The van der Waals surface area contributed by atoms with Crippen LogP contribution in [0.25, 0.3) is 0 Å². The molecule has 0 spiro atoms. The molecular formula is C24H35F2N3O2. The average Bonchev–Trinajstić information content (AvgIpc) is 2.77. The number of rotatable bonds is 7. The fraction of sp³-hybridized carbons (Fsp3) is 0.667. The predicted octanol–water partition coefficient (Wildman–Crippen LogP) is 4.02. The maximum Gasteiger partial charge on any atom is 0.257 e. The molecule has 172 valence electrons.